The van der Waals surface area contributed by atoms with Gasteiger partial charge in [-0.05, 0) is 25.8 Å². The largest absolute Gasteiger partial charge is 0.397 e. The molecule has 0 atom stereocenters. The number of carbonyl (C=O) groups is 1. The highest BCUT2D eigenvalue weighted by atomic mass is 16.2. The van der Waals surface area contributed by atoms with Crippen LogP contribution in [0.1, 0.15) is 50.6 Å². The maximum Gasteiger partial charge on any atom is 0.270 e. The number of aromatic nitrogens is 1. The number of nitrogens with two attached hydrogens (primary N) is 1. The molecule has 0 saturated carbocycles. The first-order valence-electron chi connectivity index (χ1n) is 7.00. The van der Waals surface area contributed by atoms with Gasteiger partial charge in [0.15, 0.2) is 0 Å². The van der Waals surface area contributed by atoms with Crippen LogP contribution < -0.4 is 5.73 Å². The van der Waals surface area contributed by atoms with Gasteiger partial charge in [0.25, 0.3) is 5.91 Å². The van der Waals surface area contributed by atoms with E-state index >= 15 is 0 Å². The quantitative estimate of drug-likeness (QED) is 0.868. The van der Waals surface area contributed by atoms with E-state index in [1.807, 2.05) is 18.4 Å². The zero-order valence-electron chi connectivity index (χ0n) is 12.8. The minimum atomic E-state index is -0.0562. The molecule has 1 aromatic heterocycles. The molecule has 110 valence electrons. The Morgan fingerprint density at radius 1 is 1.45 bits per heavy atom. The average molecular weight is 276 g/mol. The van der Waals surface area contributed by atoms with Gasteiger partial charge < -0.3 is 15.2 Å². The number of amides is 1. The number of nitrogen functional groups attached to an aromatic ring is 1. The number of nitrogens with zero attached hydrogens (tertiary/aromatic N) is 3. The summed E-state index contributed by atoms with van der Waals surface area (Å²) in [7, 11) is 0. The third-order valence-corrected chi connectivity index (χ3v) is 3.01. The van der Waals surface area contributed by atoms with Crippen molar-refractivity contribution in [3.63, 3.8) is 0 Å². The van der Waals surface area contributed by atoms with E-state index in [0.29, 0.717) is 36.8 Å². The minimum absolute atomic E-state index is 0.0562. The summed E-state index contributed by atoms with van der Waals surface area (Å²) in [5, 5.41) is 8.74. The molecule has 0 aliphatic heterocycles. The van der Waals surface area contributed by atoms with Crippen molar-refractivity contribution < 1.29 is 4.79 Å². The summed E-state index contributed by atoms with van der Waals surface area (Å²) in [6.45, 7) is 9.24. The van der Waals surface area contributed by atoms with Gasteiger partial charge >= 0.3 is 0 Å². The Morgan fingerprint density at radius 3 is 2.60 bits per heavy atom. The van der Waals surface area contributed by atoms with Gasteiger partial charge in [0.1, 0.15) is 5.69 Å². The highest BCUT2D eigenvalue weighted by Crippen LogP contribution is 2.19. The van der Waals surface area contributed by atoms with Gasteiger partial charge in [-0.15, -0.1) is 0 Å². The number of rotatable bonds is 6. The van der Waals surface area contributed by atoms with Crippen molar-refractivity contribution in [2.24, 2.45) is 5.92 Å². The molecule has 0 aromatic carbocycles. The average Bonchev–Trinajstić information content (AvgIpc) is 2.75. The fourth-order valence-corrected chi connectivity index (χ4v) is 2.16. The number of anilines is 1. The van der Waals surface area contributed by atoms with Gasteiger partial charge in [0.2, 0.25) is 0 Å². The van der Waals surface area contributed by atoms with Crippen molar-refractivity contribution in [3.05, 3.63) is 18.0 Å². The van der Waals surface area contributed by atoms with E-state index in [2.05, 4.69) is 19.9 Å². The van der Waals surface area contributed by atoms with E-state index < -0.39 is 0 Å². The first kappa shape index (κ1) is 16.1. The summed E-state index contributed by atoms with van der Waals surface area (Å²) in [5.41, 5.74) is 7.00. The lowest BCUT2D eigenvalue weighted by molar-refractivity contribution is 0.0727. The Bertz CT molecular complexity index is 496. The molecule has 0 spiro atoms. The Hall–Kier alpha value is -1.96. The Kier molecular flexibility index (Phi) is 5.63. The van der Waals surface area contributed by atoms with Crippen molar-refractivity contribution in [2.45, 2.75) is 40.2 Å². The molecular weight excluding hydrogens is 252 g/mol. The third-order valence-electron chi connectivity index (χ3n) is 3.01. The van der Waals surface area contributed by atoms with Gasteiger partial charge in [0.05, 0.1) is 18.2 Å². The number of carbonyl (C=O) groups excluding carboxylic acids is 1. The molecule has 2 N–H and O–H groups in total. The fourth-order valence-electron chi connectivity index (χ4n) is 2.16. The SMILES string of the molecule is CC(C)CN(CCC#N)C(=O)c1cc(N)cn1C(C)C. The lowest BCUT2D eigenvalue weighted by Gasteiger charge is -2.25. The third kappa shape index (κ3) is 4.02. The van der Waals surface area contributed by atoms with Gasteiger partial charge in [-0.1, -0.05) is 13.8 Å². The molecule has 20 heavy (non-hydrogen) atoms. The molecule has 0 fully saturated rings. The summed E-state index contributed by atoms with van der Waals surface area (Å²) in [6.07, 6.45) is 2.13. The first-order chi connectivity index (χ1) is 9.36. The molecule has 0 unspecified atom stereocenters. The van der Waals surface area contributed by atoms with Gasteiger partial charge in [-0.2, -0.15) is 5.26 Å². The predicted molar refractivity (Wildman–Crippen MR) is 80.2 cm³/mol. The molecular formula is C15H24N4O. The smallest absolute Gasteiger partial charge is 0.270 e. The van der Waals surface area contributed by atoms with Gasteiger partial charge in [-0.25, -0.2) is 0 Å². The first-order valence-corrected chi connectivity index (χ1v) is 7.00. The molecule has 1 heterocycles. The van der Waals surface area contributed by atoms with Crippen molar-refractivity contribution >= 4 is 11.6 Å². The minimum Gasteiger partial charge on any atom is -0.397 e. The lowest BCUT2D eigenvalue weighted by atomic mass is 10.2. The molecule has 0 aliphatic rings. The molecule has 1 amide bonds. The second kappa shape index (κ2) is 6.99. The van der Waals surface area contributed by atoms with E-state index in [-0.39, 0.29) is 11.9 Å². The van der Waals surface area contributed by atoms with Crippen molar-refractivity contribution in [2.75, 3.05) is 18.8 Å². The van der Waals surface area contributed by atoms with Crippen LogP contribution in [0.5, 0.6) is 0 Å². The molecule has 1 rings (SSSR count). The van der Waals surface area contributed by atoms with Crippen LogP contribution in [0, 0.1) is 17.2 Å². The summed E-state index contributed by atoms with van der Waals surface area (Å²) in [6, 6.07) is 3.97. The van der Waals surface area contributed by atoms with Crippen LogP contribution in [0.3, 0.4) is 0 Å². The molecule has 0 radical (unpaired) electrons. The fraction of sp³-hybridized carbons (Fsp3) is 0.600. The molecule has 0 bridgehead atoms. The lowest BCUT2D eigenvalue weighted by Crippen LogP contribution is -2.36. The zero-order chi connectivity index (χ0) is 15.3. The van der Waals surface area contributed by atoms with Crippen LogP contribution in [0.15, 0.2) is 12.3 Å². The second-order valence-electron chi connectivity index (χ2n) is 5.71. The Balaban J connectivity index is 3.02. The normalized spacial score (nSPS) is 10.8. The molecule has 0 aliphatic carbocycles. The maximum absolute atomic E-state index is 12.7. The standard InChI is InChI=1S/C15H24N4O/c1-11(2)9-18(7-5-6-16)15(20)14-8-13(17)10-19(14)12(3)4/h8,10-12H,5,7,9,17H2,1-4H3. The van der Waals surface area contributed by atoms with Gasteiger partial charge in [0, 0.05) is 25.3 Å². The topological polar surface area (TPSA) is 75.1 Å². The van der Waals surface area contributed by atoms with Crippen LogP contribution in [0.2, 0.25) is 0 Å². The van der Waals surface area contributed by atoms with E-state index in [0.717, 1.165) is 0 Å². The van der Waals surface area contributed by atoms with Crippen LogP contribution in [0.4, 0.5) is 5.69 Å². The number of hydrogen-bond donors (Lipinski definition) is 1. The summed E-state index contributed by atoms with van der Waals surface area (Å²) in [5.74, 6) is 0.303. The van der Waals surface area contributed by atoms with Crippen LogP contribution in [-0.4, -0.2) is 28.5 Å². The maximum atomic E-state index is 12.7. The Morgan fingerprint density at radius 2 is 2.10 bits per heavy atom. The van der Waals surface area contributed by atoms with Crippen LogP contribution >= 0.6 is 0 Å². The van der Waals surface area contributed by atoms with E-state index in [1.54, 1.807) is 17.2 Å². The van der Waals surface area contributed by atoms with E-state index in [4.69, 9.17) is 11.0 Å². The summed E-state index contributed by atoms with van der Waals surface area (Å²) in [4.78, 5) is 14.4. The summed E-state index contributed by atoms with van der Waals surface area (Å²) >= 11 is 0. The molecule has 5 nitrogen and oxygen atoms in total. The zero-order valence-corrected chi connectivity index (χ0v) is 12.8. The van der Waals surface area contributed by atoms with E-state index in [9.17, 15) is 4.79 Å². The van der Waals surface area contributed by atoms with Crippen molar-refractivity contribution in [3.8, 4) is 6.07 Å². The Labute approximate surface area is 121 Å². The van der Waals surface area contributed by atoms with Crippen molar-refractivity contribution in [1.29, 1.82) is 5.26 Å². The summed E-state index contributed by atoms with van der Waals surface area (Å²) < 4.78 is 1.89. The monoisotopic (exact) mass is 276 g/mol. The molecule has 5 heteroatoms. The molecule has 0 saturated heterocycles. The molecule has 1 aromatic rings. The van der Waals surface area contributed by atoms with Gasteiger partial charge in [-0.3, -0.25) is 4.79 Å². The van der Waals surface area contributed by atoms with E-state index in [1.165, 1.54) is 0 Å². The highest BCUT2D eigenvalue weighted by Gasteiger charge is 2.21. The van der Waals surface area contributed by atoms with Crippen LogP contribution in [0.25, 0.3) is 0 Å². The highest BCUT2D eigenvalue weighted by molar-refractivity contribution is 5.94. The van der Waals surface area contributed by atoms with Crippen molar-refractivity contribution in [1.82, 2.24) is 9.47 Å². The number of nitriles is 1. The van der Waals surface area contributed by atoms with Crippen LogP contribution in [-0.2, 0) is 0 Å². The second-order valence-corrected chi connectivity index (χ2v) is 5.71. The number of hydrogen-bond acceptors (Lipinski definition) is 3. The predicted octanol–water partition coefficient (Wildman–Crippen LogP) is 2.66.